The standard InChI is InChI=1S/C17H28N2O3/c1-5-12(4)16(18)17(21)19-10-15(20)13-6-8-14(9-7-13)22-11(2)3/h6-9,11-12,15-16,20H,5,10,18H2,1-4H3,(H,19,21). The minimum atomic E-state index is -0.763. The number of ether oxygens (including phenoxy) is 1. The molecule has 22 heavy (non-hydrogen) atoms. The molecular formula is C17H28N2O3. The second-order valence-electron chi connectivity index (χ2n) is 5.91. The molecule has 0 aliphatic heterocycles. The largest absolute Gasteiger partial charge is 0.491 e. The minimum Gasteiger partial charge on any atom is -0.491 e. The zero-order valence-electron chi connectivity index (χ0n) is 13.9. The highest BCUT2D eigenvalue weighted by Gasteiger charge is 2.20. The van der Waals surface area contributed by atoms with Gasteiger partial charge in [-0.3, -0.25) is 4.79 Å². The van der Waals surface area contributed by atoms with Crippen LogP contribution in [0.25, 0.3) is 0 Å². The zero-order valence-corrected chi connectivity index (χ0v) is 13.9. The summed E-state index contributed by atoms with van der Waals surface area (Å²) in [5, 5.41) is 12.8. The molecule has 0 spiro atoms. The third-order valence-electron chi connectivity index (χ3n) is 3.67. The van der Waals surface area contributed by atoms with Crippen LogP contribution in [0.3, 0.4) is 0 Å². The maximum absolute atomic E-state index is 11.9. The van der Waals surface area contributed by atoms with Gasteiger partial charge in [-0.15, -0.1) is 0 Å². The molecule has 3 unspecified atom stereocenters. The number of hydrogen-bond acceptors (Lipinski definition) is 4. The maximum Gasteiger partial charge on any atom is 0.237 e. The summed E-state index contributed by atoms with van der Waals surface area (Å²) in [6.45, 7) is 7.99. The van der Waals surface area contributed by atoms with E-state index in [4.69, 9.17) is 10.5 Å². The number of amides is 1. The summed E-state index contributed by atoms with van der Waals surface area (Å²) in [6.07, 6.45) is 0.187. The Morgan fingerprint density at radius 1 is 1.27 bits per heavy atom. The lowest BCUT2D eigenvalue weighted by Gasteiger charge is -2.19. The summed E-state index contributed by atoms with van der Waals surface area (Å²) in [5.74, 6) is 0.645. The summed E-state index contributed by atoms with van der Waals surface area (Å²) in [4.78, 5) is 11.9. The van der Waals surface area contributed by atoms with Crippen LogP contribution in [0, 0.1) is 5.92 Å². The third kappa shape index (κ3) is 5.66. The van der Waals surface area contributed by atoms with Crippen LogP contribution in [0.4, 0.5) is 0 Å². The van der Waals surface area contributed by atoms with Gasteiger partial charge in [0.1, 0.15) is 5.75 Å². The van der Waals surface area contributed by atoms with Crippen LogP contribution in [-0.2, 0) is 4.79 Å². The Bertz CT molecular complexity index is 459. The monoisotopic (exact) mass is 308 g/mol. The van der Waals surface area contributed by atoms with Crippen molar-refractivity contribution in [2.24, 2.45) is 11.7 Å². The lowest BCUT2D eigenvalue weighted by Crippen LogP contribution is -2.45. The molecule has 0 radical (unpaired) electrons. The van der Waals surface area contributed by atoms with E-state index in [2.05, 4.69) is 5.32 Å². The first-order valence-electron chi connectivity index (χ1n) is 7.83. The number of hydrogen-bond donors (Lipinski definition) is 3. The van der Waals surface area contributed by atoms with Crippen LogP contribution >= 0.6 is 0 Å². The second-order valence-corrected chi connectivity index (χ2v) is 5.91. The first-order valence-corrected chi connectivity index (χ1v) is 7.83. The van der Waals surface area contributed by atoms with Gasteiger partial charge in [-0.05, 0) is 37.5 Å². The van der Waals surface area contributed by atoms with E-state index < -0.39 is 12.1 Å². The number of rotatable bonds is 8. The molecule has 124 valence electrons. The van der Waals surface area contributed by atoms with Gasteiger partial charge in [-0.25, -0.2) is 0 Å². The number of carbonyl (C=O) groups is 1. The average molecular weight is 308 g/mol. The minimum absolute atomic E-state index is 0.108. The first kappa shape index (κ1) is 18.5. The molecule has 0 aliphatic carbocycles. The molecule has 0 bridgehead atoms. The van der Waals surface area contributed by atoms with E-state index in [9.17, 15) is 9.90 Å². The Balaban J connectivity index is 2.51. The summed E-state index contributed by atoms with van der Waals surface area (Å²) in [6, 6.07) is 6.67. The predicted molar refractivity (Wildman–Crippen MR) is 87.6 cm³/mol. The lowest BCUT2D eigenvalue weighted by atomic mass is 9.99. The molecule has 5 heteroatoms. The molecule has 5 nitrogen and oxygen atoms in total. The zero-order chi connectivity index (χ0) is 16.7. The smallest absolute Gasteiger partial charge is 0.237 e. The Morgan fingerprint density at radius 3 is 2.36 bits per heavy atom. The van der Waals surface area contributed by atoms with Gasteiger partial charge in [0.15, 0.2) is 0 Å². The highest BCUT2D eigenvalue weighted by Crippen LogP contribution is 2.18. The molecule has 1 aromatic carbocycles. The van der Waals surface area contributed by atoms with E-state index in [-0.39, 0.29) is 24.5 Å². The molecule has 0 aromatic heterocycles. The van der Waals surface area contributed by atoms with Crippen molar-refractivity contribution in [3.8, 4) is 5.75 Å². The van der Waals surface area contributed by atoms with E-state index in [1.165, 1.54) is 0 Å². The molecule has 0 aliphatic rings. The Morgan fingerprint density at radius 2 is 1.86 bits per heavy atom. The van der Waals surface area contributed by atoms with Crippen molar-refractivity contribution in [3.63, 3.8) is 0 Å². The van der Waals surface area contributed by atoms with E-state index in [1.807, 2.05) is 39.8 Å². The van der Waals surface area contributed by atoms with Crippen molar-refractivity contribution in [1.82, 2.24) is 5.32 Å². The fourth-order valence-electron chi connectivity index (χ4n) is 1.99. The normalized spacial score (nSPS) is 15.2. The van der Waals surface area contributed by atoms with E-state index >= 15 is 0 Å². The number of carbonyl (C=O) groups excluding carboxylic acids is 1. The molecule has 0 saturated carbocycles. The molecule has 1 amide bonds. The summed E-state index contributed by atoms with van der Waals surface area (Å²) in [7, 11) is 0. The van der Waals surface area contributed by atoms with Gasteiger partial charge in [-0.1, -0.05) is 32.4 Å². The quantitative estimate of drug-likeness (QED) is 0.686. The van der Waals surface area contributed by atoms with Crippen molar-refractivity contribution >= 4 is 5.91 Å². The van der Waals surface area contributed by atoms with E-state index in [0.717, 1.165) is 17.7 Å². The fraction of sp³-hybridized carbons (Fsp3) is 0.588. The number of aliphatic hydroxyl groups is 1. The first-order chi connectivity index (χ1) is 10.3. The van der Waals surface area contributed by atoms with E-state index in [0.29, 0.717) is 0 Å². The topological polar surface area (TPSA) is 84.6 Å². The van der Waals surface area contributed by atoms with Gasteiger partial charge in [-0.2, -0.15) is 0 Å². The van der Waals surface area contributed by atoms with Gasteiger partial charge >= 0.3 is 0 Å². The van der Waals surface area contributed by atoms with Crippen LogP contribution in [0.2, 0.25) is 0 Å². The Labute approximate surface area is 132 Å². The van der Waals surface area contributed by atoms with Gasteiger partial charge in [0.25, 0.3) is 0 Å². The van der Waals surface area contributed by atoms with Crippen LogP contribution < -0.4 is 15.8 Å². The highest BCUT2D eigenvalue weighted by atomic mass is 16.5. The molecule has 1 aromatic rings. The molecule has 1 rings (SSSR count). The fourth-order valence-corrected chi connectivity index (χ4v) is 1.99. The Hall–Kier alpha value is -1.59. The van der Waals surface area contributed by atoms with Crippen LogP contribution in [-0.4, -0.2) is 29.7 Å². The maximum atomic E-state index is 11.9. The SMILES string of the molecule is CCC(C)C(N)C(=O)NCC(O)c1ccc(OC(C)C)cc1. The number of nitrogens with two attached hydrogens (primary N) is 1. The molecule has 0 fully saturated rings. The highest BCUT2D eigenvalue weighted by molar-refractivity contribution is 5.81. The van der Waals surface area contributed by atoms with Gasteiger partial charge in [0.2, 0.25) is 5.91 Å². The van der Waals surface area contributed by atoms with Crippen molar-refractivity contribution < 1.29 is 14.6 Å². The van der Waals surface area contributed by atoms with Crippen LogP contribution in [0.1, 0.15) is 45.8 Å². The summed E-state index contributed by atoms with van der Waals surface area (Å²) in [5.41, 5.74) is 6.58. The number of nitrogens with one attached hydrogen (secondary N) is 1. The summed E-state index contributed by atoms with van der Waals surface area (Å²) >= 11 is 0. The van der Waals surface area contributed by atoms with Gasteiger partial charge < -0.3 is 20.9 Å². The van der Waals surface area contributed by atoms with Crippen LogP contribution in [0.5, 0.6) is 5.75 Å². The molecule has 0 heterocycles. The van der Waals surface area contributed by atoms with E-state index in [1.54, 1.807) is 12.1 Å². The van der Waals surface area contributed by atoms with Crippen molar-refractivity contribution in [2.75, 3.05) is 6.54 Å². The second kappa shape index (κ2) is 8.76. The number of benzene rings is 1. The molecule has 3 atom stereocenters. The Kier molecular flexibility index (Phi) is 7.35. The predicted octanol–water partition coefficient (Wildman–Crippen LogP) is 2.00. The molecular weight excluding hydrogens is 280 g/mol. The molecule has 0 saturated heterocycles. The third-order valence-corrected chi connectivity index (χ3v) is 3.67. The van der Waals surface area contributed by atoms with Crippen LogP contribution in [0.15, 0.2) is 24.3 Å². The van der Waals surface area contributed by atoms with Crippen molar-refractivity contribution in [3.05, 3.63) is 29.8 Å². The molecule has 4 N–H and O–H groups in total. The average Bonchev–Trinajstić information content (AvgIpc) is 2.50. The van der Waals surface area contributed by atoms with Crippen molar-refractivity contribution in [2.45, 2.75) is 52.4 Å². The van der Waals surface area contributed by atoms with Gasteiger partial charge in [0, 0.05) is 6.54 Å². The van der Waals surface area contributed by atoms with Gasteiger partial charge in [0.05, 0.1) is 18.2 Å². The van der Waals surface area contributed by atoms with Crippen molar-refractivity contribution in [1.29, 1.82) is 0 Å². The summed E-state index contributed by atoms with van der Waals surface area (Å²) < 4.78 is 5.55. The lowest BCUT2D eigenvalue weighted by molar-refractivity contribution is -0.123. The number of aliphatic hydroxyl groups excluding tert-OH is 1.